The standard InChI is InChI=1S/C26H21ClN4O2S/c27-20-10-12-21(13-11-20)33-16-24-29-30-26(31(24)15-18-6-2-1-3-7-18)34-17-19-14-25(32)28-23-9-5-4-8-22(19)23/h1-14H,15-17H2,(H,28,32). The summed E-state index contributed by atoms with van der Waals surface area (Å²) < 4.78 is 8.00. The van der Waals surface area contributed by atoms with E-state index in [2.05, 4.69) is 31.9 Å². The molecule has 1 N–H and O–H groups in total. The molecule has 0 aliphatic heterocycles. The fourth-order valence-electron chi connectivity index (χ4n) is 3.67. The number of pyridine rings is 1. The molecule has 0 aliphatic rings. The van der Waals surface area contributed by atoms with Crippen molar-refractivity contribution in [3.63, 3.8) is 0 Å². The highest BCUT2D eigenvalue weighted by Crippen LogP contribution is 2.26. The second-order valence-corrected chi connectivity index (χ2v) is 9.09. The van der Waals surface area contributed by atoms with E-state index in [1.54, 1.807) is 30.0 Å². The number of fused-ring (bicyclic) bond motifs is 1. The van der Waals surface area contributed by atoms with Gasteiger partial charge in [-0.15, -0.1) is 10.2 Å². The minimum absolute atomic E-state index is 0.114. The van der Waals surface area contributed by atoms with Crippen LogP contribution in [0.15, 0.2) is 94.9 Å². The first-order valence-electron chi connectivity index (χ1n) is 10.7. The average molecular weight is 489 g/mol. The van der Waals surface area contributed by atoms with Crippen LogP contribution in [0.5, 0.6) is 5.75 Å². The quantitative estimate of drug-likeness (QED) is 0.284. The summed E-state index contributed by atoms with van der Waals surface area (Å²) in [5.74, 6) is 2.02. The summed E-state index contributed by atoms with van der Waals surface area (Å²) in [4.78, 5) is 15.0. The lowest BCUT2D eigenvalue weighted by Gasteiger charge is -2.12. The Balaban J connectivity index is 1.41. The van der Waals surface area contributed by atoms with Gasteiger partial charge in [0.05, 0.1) is 6.54 Å². The van der Waals surface area contributed by atoms with Gasteiger partial charge < -0.3 is 9.72 Å². The van der Waals surface area contributed by atoms with Crippen molar-refractivity contribution in [2.75, 3.05) is 0 Å². The molecule has 0 bridgehead atoms. The van der Waals surface area contributed by atoms with E-state index >= 15 is 0 Å². The van der Waals surface area contributed by atoms with E-state index in [0.29, 0.717) is 23.1 Å². The van der Waals surface area contributed by atoms with Gasteiger partial charge in [-0.3, -0.25) is 9.36 Å². The minimum atomic E-state index is -0.114. The Morgan fingerprint density at radius 3 is 2.53 bits per heavy atom. The molecule has 2 aromatic heterocycles. The number of para-hydroxylation sites is 1. The Hall–Kier alpha value is -3.55. The third-order valence-electron chi connectivity index (χ3n) is 5.35. The third-order valence-corrected chi connectivity index (χ3v) is 6.62. The van der Waals surface area contributed by atoms with Crippen LogP contribution < -0.4 is 10.3 Å². The van der Waals surface area contributed by atoms with Crippen LogP contribution in [0, 0.1) is 0 Å². The number of aromatic amines is 1. The maximum absolute atomic E-state index is 12.1. The summed E-state index contributed by atoms with van der Waals surface area (Å²) in [7, 11) is 0. The molecule has 8 heteroatoms. The highest BCUT2D eigenvalue weighted by molar-refractivity contribution is 7.98. The van der Waals surface area contributed by atoms with E-state index in [1.165, 1.54) is 0 Å². The minimum Gasteiger partial charge on any atom is -0.486 e. The molecule has 5 aromatic rings. The zero-order valence-corrected chi connectivity index (χ0v) is 19.7. The second kappa shape index (κ2) is 10.2. The van der Waals surface area contributed by atoms with Crippen LogP contribution in [-0.4, -0.2) is 19.7 Å². The van der Waals surface area contributed by atoms with Gasteiger partial charge in [-0.05, 0) is 41.5 Å². The molecule has 34 heavy (non-hydrogen) atoms. The smallest absolute Gasteiger partial charge is 0.248 e. The molecule has 0 spiro atoms. The highest BCUT2D eigenvalue weighted by atomic mass is 35.5. The van der Waals surface area contributed by atoms with Gasteiger partial charge in [0.25, 0.3) is 0 Å². The first-order chi connectivity index (χ1) is 16.7. The summed E-state index contributed by atoms with van der Waals surface area (Å²) in [5, 5.41) is 11.3. The first kappa shape index (κ1) is 22.3. The molecule has 0 fully saturated rings. The third kappa shape index (κ3) is 5.16. The maximum atomic E-state index is 12.1. The highest BCUT2D eigenvalue weighted by Gasteiger charge is 2.15. The normalized spacial score (nSPS) is 11.1. The molecule has 5 rings (SSSR count). The number of benzene rings is 3. The van der Waals surface area contributed by atoms with Crippen molar-refractivity contribution < 1.29 is 4.74 Å². The van der Waals surface area contributed by atoms with E-state index in [0.717, 1.165) is 33.0 Å². The molecule has 0 aliphatic carbocycles. The first-order valence-corrected chi connectivity index (χ1v) is 12.1. The number of hydrogen-bond acceptors (Lipinski definition) is 5. The van der Waals surface area contributed by atoms with Gasteiger partial charge in [-0.1, -0.05) is 71.9 Å². The van der Waals surface area contributed by atoms with Crippen molar-refractivity contribution in [2.45, 2.75) is 24.1 Å². The number of aromatic nitrogens is 4. The molecule has 170 valence electrons. The average Bonchev–Trinajstić information content (AvgIpc) is 3.24. The molecule has 0 unspecified atom stereocenters. The van der Waals surface area contributed by atoms with Gasteiger partial charge >= 0.3 is 0 Å². The number of rotatable bonds is 8. The number of H-pyrrole nitrogens is 1. The van der Waals surface area contributed by atoms with Crippen LogP contribution in [0.3, 0.4) is 0 Å². The molecule has 0 saturated heterocycles. The van der Waals surface area contributed by atoms with Crippen molar-refractivity contribution in [2.24, 2.45) is 0 Å². The molecule has 0 atom stereocenters. The van der Waals surface area contributed by atoms with Crippen LogP contribution in [0.2, 0.25) is 5.02 Å². The predicted octanol–water partition coefficient (Wildman–Crippen LogP) is 5.69. The number of hydrogen-bond donors (Lipinski definition) is 1. The van der Waals surface area contributed by atoms with Crippen molar-refractivity contribution in [3.8, 4) is 5.75 Å². The number of ether oxygens (including phenoxy) is 1. The number of nitrogens with one attached hydrogen (secondary N) is 1. The molecule has 3 aromatic carbocycles. The summed E-state index contributed by atoms with van der Waals surface area (Å²) in [6.45, 7) is 0.890. The lowest BCUT2D eigenvalue weighted by Crippen LogP contribution is -2.10. The van der Waals surface area contributed by atoms with Crippen molar-refractivity contribution in [3.05, 3.63) is 117 Å². The summed E-state index contributed by atoms with van der Waals surface area (Å²) in [5.41, 5.74) is 2.81. The zero-order chi connectivity index (χ0) is 23.3. The number of nitrogens with zero attached hydrogens (tertiary/aromatic N) is 3. The summed E-state index contributed by atoms with van der Waals surface area (Å²) in [6.07, 6.45) is 0. The van der Waals surface area contributed by atoms with Crippen molar-refractivity contribution >= 4 is 34.3 Å². The molecular formula is C26H21ClN4O2S. The molecule has 0 amide bonds. The van der Waals surface area contributed by atoms with Gasteiger partial charge in [0.1, 0.15) is 12.4 Å². The largest absolute Gasteiger partial charge is 0.486 e. The Morgan fingerprint density at radius 2 is 1.71 bits per heavy atom. The van der Waals surface area contributed by atoms with Crippen LogP contribution in [0.25, 0.3) is 10.9 Å². The number of thioether (sulfide) groups is 1. The summed E-state index contributed by atoms with van der Waals surface area (Å²) in [6, 6.07) is 26.9. The lowest BCUT2D eigenvalue weighted by atomic mass is 10.1. The Morgan fingerprint density at radius 1 is 0.941 bits per heavy atom. The van der Waals surface area contributed by atoms with Crippen LogP contribution >= 0.6 is 23.4 Å². The van der Waals surface area contributed by atoms with E-state index in [9.17, 15) is 4.79 Å². The monoisotopic (exact) mass is 488 g/mol. The molecule has 0 saturated carbocycles. The van der Waals surface area contributed by atoms with Gasteiger partial charge in [0.15, 0.2) is 11.0 Å². The predicted molar refractivity (Wildman–Crippen MR) is 135 cm³/mol. The topological polar surface area (TPSA) is 72.8 Å². The Bertz CT molecular complexity index is 1470. The molecule has 6 nitrogen and oxygen atoms in total. The fraction of sp³-hybridized carbons (Fsp3) is 0.115. The fourth-order valence-corrected chi connectivity index (χ4v) is 4.75. The van der Waals surface area contributed by atoms with Crippen LogP contribution in [-0.2, 0) is 18.9 Å². The van der Waals surface area contributed by atoms with E-state index < -0.39 is 0 Å². The molecular weight excluding hydrogens is 468 g/mol. The van der Waals surface area contributed by atoms with E-state index in [4.69, 9.17) is 16.3 Å². The Labute approximate surface area is 205 Å². The van der Waals surface area contributed by atoms with Crippen molar-refractivity contribution in [1.82, 2.24) is 19.7 Å². The SMILES string of the molecule is O=c1cc(CSc2nnc(COc3ccc(Cl)cc3)n2Cc2ccccc2)c2ccccc2[nH]1. The molecule has 0 radical (unpaired) electrons. The Kier molecular flexibility index (Phi) is 6.65. The second-order valence-electron chi connectivity index (χ2n) is 7.71. The van der Waals surface area contributed by atoms with E-state index in [-0.39, 0.29) is 12.2 Å². The van der Waals surface area contributed by atoms with E-state index in [1.807, 2.05) is 54.6 Å². The van der Waals surface area contributed by atoms with Gasteiger partial charge in [-0.2, -0.15) is 0 Å². The lowest BCUT2D eigenvalue weighted by molar-refractivity contribution is 0.289. The molecule has 2 heterocycles. The van der Waals surface area contributed by atoms with Crippen molar-refractivity contribution in [1.29, 1.82) is 0 Å². The van der Waals surface area contributed by atoms with Crippen LogP contribution in [0.1, 0.15) is 17.0 Å². The van der Waals surface area contributed by atoms with Crippen LogP contribution in [0.4, 0.5) is 0 Å². The van der Waals surface area contributed by atoms with Gasteiger partial charge in [-0.25, -0.2) is 0 Å². The maximum Gasteiger partial charge on any atom is 0.248 e. The van der Waals surface area contributed by atoms with Gasteiger partial charge in [0.2, 0.25) is 5.56 Å². The summed E-state index contributed by atoms with van der Waals surface area (Å²) >= 11 is 7.52. The van der Waals surface area contributed by atoms with Gasteiger partial charge in [0, 0.05) is 27.7 Å². The number of halogens is 1. The zero-order valence-electron chi connectivity index (χ0n) is 18.1.